The zero-order valence-electron chi connectivity index (χ0n) is 14.6. The van der Waals surface area contributed by atoms with Crippen LogP contribution in [0.3, 0.4) is 0 Å². The molecule has 1 saturated heterocycles. The van der Waals surface area contributed by atoms with Crippen molar-refractivity contribution >= 4 is 21.7 Å². The number of cyclic esters (lactones) is 1. The second-order valence-electron chi connectivity index (χ2n) is 6.95. The molecule has 0 spiro atoms. The van der Waals surface area contributed by atoms with Crippen LogP contribution in [0.15, 0.2) is 48.5 Å². The summed E-state index contributed by atoms with van der Waals surface area (Å²) >= 11 is 0. The first-order chi connectivity index (χ1) is 12.9. The maximum absolute atomic E-state index is 12.5. The van der Waals surface area contributed by atoms with Crippen LogP contribution in [0.2, 0.25) is 0 Å². The zero-order chi connectivity index (χ0) is 19.0. The van der Waals surface area contributed by atoms with Crippen LogP contribution >= 0.6 is 0 Å². The Hall–Kier alpha value is -2.67. The molecule has 0 unspecified atom stereocenters. The molecule has 2 aromatic carbocycles. The molecule has 2 aliphatic heterocycles. The molecule has 0 saturated carbocycles. The molecule has 2 atom stereocenters. The van der Waals surface area contributed by atoms with Gasteiger partial charge in [-0.3, -0.25) is 4.79 Å². The number of hydrogen-bond acceptors (Lipinski definition) is 5. The number of rotatable bonds is 3. The van der Waals surface area contributed by atoms with Crippen molar-refractivity contribution in [1.29, 1.82) is 0 Å². The first kappa shape index (κ1) is 17.7. The van der Waals surface area contributed by atoms with Gasteiger partial charge in [0, 0.05) is 18.0 Å². The van der Waals surface area contributed by atoms with Gasteiger partial charge in [-0.2, -0.15) is 0 Å². The number of carbonyl (C=O) groups excluding carboxylic acids is 2. The summed E-state index contributed by atoms with van der Waals surface area (Å²) in [6, 6.07) is 14.0. The van der Waals surface area contributed by atoms with Crippen LogP contribution < -0.4 is 5.32 Å². The lowest BCUT2D eigenvalue weighted by Crippen LogP contribution is -2.35. The zero-order valence-corrected chi connectivity index (χ0v) is 15.4. The lowest BCUT2D eigenvalue weighted by atomic mass is 9.93. The van der Waals surface area contributed by atoms with E-state index in [0.717, 1.165) is 11.1 Å². The number of fused-ring (bicyclic) bond motifs is 1. The first-order valence-corrected chi connectivity index (χ1v) is 10.6. The van der Waals surface area contributed by atoms with Gasteiger partial charge in [0.1, 0.15) is 6.10 Å². The third-order valence-electron chi connectivity index (χ3n) is 4.98. The molecule has 7 heteroatoms. The number of esters is 1. The van der Waals surface area contributed by atoms with E-state index in [9.17, 15) is 18.0 Å². The van der Waals surface area contributed by atoms with Gasteiger partial charge in [-0.05, 0) is 35.7 Å². The SMILES string of the molecule is O=C(N[C@H]1CCS(=O)(=O)C1)c1ccc2c(c1)C[C@H](c1ccccc1)OC2=O. The van der Waals surface area contributed by atoms with Gasteiger partial charge in [0.05, 0.1) is 17.1 Å². The predicted molar refractivity (Wildman–Crippen MR) is 99.3 cm³/mol. The molecule has 2 aromatic rings. The van der Waals surface area contributed by atoms with Gasteiger partial charge in [-0.25, -0.2) is 13.2 Å². The van der Waals surface area contributed by atoms with E-state index in [1.54, 1.807) is 18.2 Å². The molecular weight excluding hydrogens is 366 g/mol. The molecule has 0 bridgehead atoms. The Bertz CT molecular complexity index is 1000. The third-order valence-corrected chi connectivity index (χ3v) is 6.75. The van der Waals surface area contributed by atoms with Gasteiger partial charge in [0.25, 0.3) is 5.91 Å². The molecule has 1 N–H and O–H groups in total. The van der Waals surface area contributed by atoms with E-state index in [1.165, 1.54) is 0 Å². The summed E-state index contributed by atoms with van der Waals surface area (Å²) < 4.78 is 28.6. The van der Waals surface area contributed by atoms with E-state index < -0.39 is 15.8 Å². The van der Waals surface area contributed by atoms with Crippen molar-refractivity contribution in [1.82, 2.24) is 5.32 Å². The maximum Gasteiger partial charge on any atom is 0.339 e. The molecule has 2 aliphatic rings. The number of nitrogens with one attached hydrogen (secondary N) is 1. The van der Waals surface area contributed by atoms with Gasteiger partial charge in [-0.1, -0.05) is 30.3 Å². The van der Waals surface area contributed by atoms with Crippen LogP contribution in [0.5, 0.6) is 0 Å². The van der Waals surface area contributed by atoms with Crippen LogP contribution in [-0.2, 0) is 21.0 Å². The molecule has 0 aromatic heterocycles. The van der Waals surface area contributed by atoms with Gasteiger partial charge in [-0.15, -0.1) is 0 Å². The van der Waals surface area contributed by atoms with Crippen LogP contribution in [0.1, 0.15) is 44.4 Å². The molecule has 27 heavy (non-hydrogen) atoms. The van der Waals surface area contributed by atoms with Gasteiger partial charge in [0.2, 0.25) is 0 Å². The second kappa shape index (κ2) is 6.81. The number of sulfone groups is 1. The minimum atomic E-state index is -3.06. The predicted octanol–water partition coefficient (Wildman–Crippen LogP) is 2.06. The van der Waals surface area contributed by atoms with Crippen molar-refractivity contribution in [2.75, 3.05) is 11.5 Å². The fourth-order valence-corrected chi connectivity index (χ4v) is 5.24. The normalized spacial score (nSPS) is 23.3. The highest BCUT2D eigenvalue weighted by molar-refractivity contribution is 7.91. The Balaban J connectivity index is 1.54. The number of carbonyl (C=O) groups is 2. The average molecular weight is 385 g/mol. The summed E-state index contributed by atoms with van der Waals surface area (Å²) in [6.45, 7) is 0. The summed E-state index contributed by atoms with van der Waals surface area (Å²) in [5.74, 6) is -0.646. The van der Waals surface area contributed by atoms with Crippen molar-refractivity contribution < 1.29 is 22.7 Å². The highest BCUT2D eigenvalue weighted by Crippen LogP contribution is 2.31. The molecule has 140 valence electrons. The summed E-state index contributed by atoms with van der Waals surface area (Å²) in [6.07, 6.45) is 0.537. The van der Waals surface area contributed by atoms with Crippen LogP contribution in [0.25, 0.3) is 0 Å². The Labute approximate surface area is 157 Å². The Morgan fingerprint density at radius 2 is 1.89 bits per heavy atom. The fraction of sp³-hybridized carbons (Fsp3) is 0.300. The van der Waals surface area contributed by atoms with Crippen LogP contribution in [0.4, 0.5) is 0 Å². The van der Waals surface area contributed by atoms with Crippen molar-refractivity contribution in [2.24, 2.45) is 0 Å². The highest BCUT2D eigenvalue weighted by Gasteiger charge is 2.31. The number of ether oxygens (including phenoxy) is 1. The minimum Gasteiger partial charge on any atom is -0.454 e. The molecule has 6 nitrogen and oxygen atoms in total. The van der Waals surface area contributed by atoms with Gasteiger partial charge < -0.3 is 10.1 Å². The lowest BCUT2D eigenvalue weighted by Gasteiger charge is -2.25. The van der Waals surface area contributed by atoms with E-state index in [0.29, 0.717) is 24.0 Å². The first-order valence-electron chi connectivity index (χ1n) is 8.81. The Morgan fingerprint density at radius 1 is 1.11 bits per heavy atom. The molecule has 1 fully saturated rings. The molecular formula is C20H19NO5S. The molecule has 0 aliphatic carbocycles. The summed E-state index contributed by atoms with van der Waals surface area (Å²) in [7, 11) is -3.06. The van der Waals surface area contributed by atoms with Crippen molar-refractivity contribution in [3.63, 3.8) is 0 Å². The van der Waals surface area contributed by atoms with Gasteiger partial charge in [0.15, 0.2) is 9.84 Å². The third kappa shape index (κ3) is 3.73. The standard InChI is InChI=1S/C20H19NO5S/c22-19(21-16-8-9-27(24,25)12-16)14-6-7-17-15(10-14)11-18(26-20(17)23)13-4-2-1-3-5-13/h1-7,10,16,18H,8-9,11-12H2,(H,21,22)/t16-,18+/m0/s1. The van der Waals surface area contributed by atoms with E-state index >= 15 is 0 Å². The quantitative estimate of drug-likeness (QED) is 0.817. The van der Waals surface area contributed by atoms with E-state index in [2.05, 4.69) is 5.32 Å². The summed E-state index contributed by atoms with van der Waals surface area (Å²) in [5.41, 5.74) is 2.54. The molecule has 2 heterocycles. The van der Waals surface area contributed by atoms with Crippen molar-refractivity contribution in [2.45, 2.75) is 25.0 Å². The second-order valence-corrected chi connectivity index (χ2v) is 9.18. The highest BCUT2D eigenvalue weighted by atomic mass is 32.2. The summed E-state index contributed by atoms with van der Waals surface area (Å²) in [5, 5.41) is 2.78. The average Bonchev–Trinajstić information content (AvgIpc) is 3.00. The monoisotopic (exact) mass is 385 g/mol. The van der Waals surface area contributed by atoms with Crippen molar-refractivity contribution in [3.8, 4) is 0 Å². The topological polar surface area (TPSA) is 89.5 Å². The van der Waals surface area contributed by atoms with E-state index in [4.69, 9.17) is 4.74 Å². The number of hydrogen-bond donors (Lipinski definition) is 1. The molecule has 4 rings (SSSR count). The van der Waals surface area contributed by atoms with Gasteiger partial charge >= 0.3 is 5.97 Å². The fourth-order valence-electron chi connectivity index (χ4n) is 3.57. The number of amides is 1. The largest absolute Gasteiger partial charge is 0.454 e. The smallest absolute Gasteiger partial charge is 0.339 e. The molecule has 0 radical (unpaired) electrons. The molecule has 1 amide bonds. The minimum absolute atomic E-state index is 0.0217. The van der Waals surface area contributed by atoms with E-state index in [1.807, 2.05) is 30.3 Å². The van der Waals surface area contributed by atoms with Crippen LogP contribution in [0, 0.1) is 0 Å². The van der Waals surface area contributed by atoms with Crippen LogP contribution in [-0.4, -0.2) is 37.8 Å². The van der Waals surface area contributed by atoms with Crippen molar-refractivity contribution in [3.05, 3.63) is 70.8 Å². The maximum atomic E-state index is 12.5. The van der Waals surface area contributed by atoms with E-state index in [-0.39, 0.29) is 29.6 Å². The Kier molecular flexibility index (Phi) is 4.47. The lowest BCUT2D eigenvalue weighted by molar-refractivity contribution is 0.0252. The summed E-state index contributed by atoms with van der Waals surface area (Å²) in [4.78, 5) is 24.8. The Morgan fingerprint density at radius 3 is 2.59 bits per heavy atom. The number of benzene rings is 2.